The molecule has 2 amide bonds. The monoisotopic (exact) mass is 370 g/mol. The molecule has 2 aromatic carbocycles. The fourth-order valence-corrected chi connectivity index (χ4v) is 3.41. The summed E-state index contributed by atoms with van der Waals surface area (Å²) >= 11 is 0. The van der Waals surface area contributed by atoms with Crippen molar-refractivity contribution in [3.05, 3.63) is 70.5 Å². The van der Waals surface area contributed by atoms with Crippen LogP contribution >= 0.6 is 0 Å². The molecule has 27 heavy (non-hydrogen) atoms. The third-order valence-electron chi connectivity index (χ3n) is 4.70. The van der Waals surface area contributed by atoms with Gasteiger partial charge in [0.25, 0.3) is 5.91 Å². The molecule has 1 aliphatic heterocycles. The zero-order chi connectivity index (χ0) is 19.6. The van der Waals surface area contributed by atoms with Crippen molar-refractivity contribution in [2.45, 2.75) is 26.5 Å². The Labute approximate surface area is 158 Å². The third kappa shape index (κ3) is 4.52. The van der Waals surface area contributed by atoms with Gasteiger partial charge in [0.1, 0.15) is 5.82 Å². The van der Waals surface area contributed by atoms with Gasteiger partial charge in [0.15, 0.2) is 6.10 Å². The van der Waals surface area contributed by atoms with Crippen molar-refractivity contribution in [3.8, 4) is 0 Å². The number of carbonyl (C=O) groups is 2. The topological polar surface area (TPSA) is 60.9 Å². The number of hydrogen-bond acceptors (Lipinski definition) is 3. The molecule has 1 unspecified atom stereocenters. The van der Waals surface area contributed by atoms with Crippen molar-refractivity contribution >= 4 is 11.8 Å². The SMILES string of the molecule is Cc1cc(C)cc(CN2CCN(C(=O)C(O)c3ccc(F)cc3)CC2=O)c1. The average molecular weight is 370 g/mol. The molecule has 5 nitrogen and oxygen atoms in total. The van der Waals surface area contributed by atoms with E-state index in [0.717, 1.165) is 16.7 Å². The molecule has 1 N–H and O–H groups in total. The summed E-state index contributed by atoms with van der Waals surface area (Å²) in [6.07, 6.45) is -1.40. The number of aryl methyl sites for hydroxylation is 2. The maximum absolute atomic E-state index is 13.0. The van der Waals surface area contributed by atoms with E-state index in [0.29, 0.717) is 25.2 Å². The van der Waals surface area contributed by atoms with E-state index in [1.54, 1.807) is 4.90 Å². The first-order valence-corrected chi connectivity index (χ1v) is 8.91. The number of nitrogens with zero attached hydrogens (tertiary/aromatic N) is 2. The number of rotatable bonds is 4. The zero-order valence-electron chi connectivity index (χ0n) is 15.5. The molecule has 0 aromatic heterocycles. The van der Waals surface area contributed by atoms with E-state index in [1.807, 2.05) is 13.8 Å². The second kappa shape index (κ2) is 7.88. The Balaban J connectivity index is 1.63. The highest BCUT2D eigenvalue weighted by molar-refractivity contribution is 5.88. The molecule has 1 aliphatic rings. The number of carbonyl (C=O) groups excluding carboxylic acids is 2. The first-order chi connectivity index (χ1) is 12.8. The standard InChI is InChI=1S/C21H23FN2O3/c1-14-9-15(2)11-16(10-14)12-23-7-8-24(13-19(23)25)21(27)20(26)17-3-5-18(22)6-4-17/h3-6,9-11,20,26H,7-8,12-13H2,1-2H3. The lowest BCUT2D eigenvalue weighted by atomic mass is 10.1. The van der Waals surface area contributed by atoms with Crippen molar-refractivity contribution < 1.29 is 19.1 Å². The number of amides is 2. The van der Waals surface area contributed by atoms with Crippen molar-refractivity contribution in [1.29, 1.82) is 0 Å². The average Bonchev–Trinajstić information content (AvgIpc) is 2.62. The van der Waals surface area contributed by atoms with E-state index >= 15 is 0 Å². The molecule has 1 heterocycles. The first kappa shape index (κ1) is 19.0. The Hall–Kier alpha value is -2.73. The normalized spacial score (nSPS) is 15.8. The molecule has 6 heteroatoms. The van der Waals surface area contributed by atoms with Crippen LogP contribution in [0.2, 0.25) is 0 Å². The highest BCUT2D eigenvalue weighted by Gasteiger charge is 2.31. The van der Waals surface area contributed by atoms with Gasteiger partial charge in [0.05, 0.1) is 6.54 Å². The molecule has 1 saturated heterocycles. The van der Waals surface area contributed by atoms with Crippen molar-refractivity contribution in [3.63, 3.8) is 0 Å². The van der Waals surface area contributed by atoms with Gasteiger partial charge in [-0.05, 0) is 37.1 Å². The van der Waals surface area contributed by atoms with Crippen molar-refractivity contribution in [2.75, 3.05) is 19.6 Å². The quantitative estimate of drug-likeness (QED) is 0.899. The number of aliphatic hydroxyl groups is 1. The molecule has 1 fully saturated rings. The molecule has 0 saturated carbocycles. The van der Waals surface area contributed by atoms with E-state index in [2.05, 4.69) is 18.2 Å². The number of halogens is 1. The van der Waals surface area contributed by atoms with Crippen LogP contribution in [0.5, 0.6) is 0 Å². The molecular weight excluding hydrogens is 347 g/mol. The number of aliphatic hydroxyl groups excluding tert-OH is 1. The van der Waals surface area contributed by atoms with Crippen LogP contribution in [0.4, 0.5) is 4.39 Å². The fraction of sp³-hybridized carbons (Fsp3) is 0.333. The van der Waals surface area contributed by atoms with E-state index in [-0.39, 0.29) is 12.5 Å². The minimum Gasteiger partial charge on any atom is -0.378 e. The smallest absolute Gasteiger partial charge is 0.256 e. The number of piperazine rings is 1. The van der Waals surface area contributed by atoms with E-state index in [4.69, 9.17) is 0 Å². The fourth-order valence-electron chi connectivity index (χ4n) is 3.41. The maximum atomic E-state index is 13.0. The first-order valence-electron chi connectivity index (χ1n) is 8.91. The predicted molar refractivity (Wildman–Crippen MR) is 99.3 cm³/mol. The van der Waals surface area contributed by atoms with Gasteiger partial charge >= 0.3 is 0 Å². The van der Waals surface area contributed by atoms with Crippen LogP contribution in [0, 0.1) is 19.7 Å². The molecular formula is C21H23FN2O3. The number of hydrogen-bond donors (Lipinski definition) is 1. The summed E-state index contributed by atoms with van der Waals surface area (Å²) in [5, 5.41) is 10.2. The molecule has 0 bridgehead atoms. The van der Waals surface area contributed by atoms with Gasteiger partial charge in [0, 0.05) is 19.6 Å². The summed E-state index contributed by atoms with van der Waals surface area (Å²) in [6, 6.07) is 11.3. The minimum atomic E-state index is -1.40. The molecule has 0 spiro atoms. The summed E-state index contributed by atoms with van der Waals surface area (Å²) in [5.41, 5.74) is 3.67. The molecule has 0 radical (unpaired) electrons. The van der Waals surface area contributed by atoms with Crippen molar-refractivity contribution in [2.24, 2.45) is 0 Å². The molecule has 1 atom stereocenters. The summed E-state index contributed by atoms with van der Waals surface area (Å²) in [6.45, 7) is 5.24. The third-order valence-corrected chi connectivity index (χ3v) is 4.70. The Morgan fingerprint density at radius 1 is 1.11 bits per heavy atom. The van der Waals surface area contributed by atoms with Crippen LogP contribution in [0.15, 0.2) is 42.5 Å². The van der Waals surface area contributed by atoms with Gasteiger partial charge in [-0.25, -0.2) is 4.39 Å². The number of benzene rings is 2. The van der Waals surface area contributed by atoms with Crippen LogP contribution in [-0.4, -0.2) is 46.4 Å². The van der Waals surface area contributed by atoms with Gasteiger partial charge in [-0.3, -0.25) is 9.59 Å². The van der Waals surface area contributed by atoms with Crippen LogP contribution in [0.3, 0.4) is 0 Å². The van der Waals surface area contributed by atoms with Gasteiger partial charge in [-0.1, -0.05) is 41.5 Å². The summed E-state index contributed by atoms with van der Waals surface area (Å²) in [4.78, 5) is 28.1. The van der Waals surface area contributed by atoms with Gasteiger partial charge in [0.2, 0.25) is 5.91 Å². The maximum Gasteiger partial charge on any atom is 0.256 e. The molecule has 142 valence electrons. The van der Waals surface area contributed by atoms with Crippen molar-refractivity contribution in [1.82, 2.24) is 9.80 Å². The minimum absolute atomic E-state index is 0.0676. The second-order valence-electron chi connectivity index (χ2n) is 7.03. The second-order valence-corrected chi connectivity index (χ2v) is 7.03. The van der Waals surface area contributed by atoms with E-state index in [9.17, 15) is 19.1 Å². The lowest BCUT2D eigenvalue weighted by Crippen LogP contribution is -2.52. The predicted octanol–water partition coefficient (Wildman–Crippen LogP) is 2.35. The molecule has 2 aromatic rings. The highest BCUT2D eigenvalue weighted by Crippen LogP contribution is 2.19. The lowest BCUT2D eigenvalue weighted by Gasteiger charge is -2.35. The Morgan fingerprint density at radius 2 is 1.74 bits per heavy atom. The zero-order valence-corrected chi connectivity index (χ0v) is 15.5. The van der Waals surface area contributed by atoms with Crippen LogP contribution in [-0.2, 0) is 16.1 Å². The molecule has 0 aliphatic carbocycles. The van der Waals surface area contributed by atoms with Crippen LogP contribution in [0.25, 0.3) is 0 Å². The lowest BCUT2D eigenvalue weighted by molar-refractivity contribution is -0.150. The Kier molecular flexibility index (Phi) is 5.56. The van der Waals surface area contributed by atoms with Gasteiger partial charge < -0.3 is 14.9 Å². The summed E-state index contributed by atoms with van der Waals surface area (Å²) < 4.78 is 13.0. The Bertz CT molecular complexity index is 831. The molecule has 3 rings (SSSR count). The van der Waals surface area contributed by atoms with E-state index in [1.165, 1.54) is 29.2 Å². The van der Waals surface area contributed by atoms with E-state index < -0.39 is 17.8 Å². The Morgan fingerprint density at radius 3 is 2.33 bits per heavy atom. The van der Waals surface area contributed by atoms with Gasteiger partial charge in [-0.15, -0.1) is 0 Å². The van der Waals surface area contributed by atoms with Gasteiger partial charge in [-0.2, -0.15) is 0 Å². The van der Waals surface area contributed by atoms with Crippen LogP contribution in [0.1, 0.15) is 28.4 Å². The summed E-state index contributed by atoms with van der Waals surface area (Å²) in [7, 11) is 0. The largest absolute Gasteiger partial charge is 0.378 e. The van der Waals surface area contributed by atoms with Crippen LogP contribution < -0.4 is 0 Å². The highest BCUT2D eigenvalue weighted by atomic mass is 19.1. The summed E-state index contributed by atoms with van der Waals surface area (Å²) in [5.74, 6) is -1.13.